The molecule has 1 amide bonds. The molecule has 0 radical (unpaired) electrons. The predicted molar refractivity (Wildman–Crippen MR) is 87.0 cm³/mol. The second kappa shape index (κ2) is 6.02. The molecule has 114 valence electrons. The van der Waals surface area contributed by atoms with Crippen molar-refractivity contribution in [3.05, 3.63) is 46.3 Å². The lowest BCUT2D eigenvalue weighted by molar-refractivity contribution is 0.0906. The normalized spacial score (nSPS) is 13.7. The van der Waals surface area contributed by atoms with Crippen LogP contribution in [0.3, 0.4) is 0 Å². The largest absolute Gasteiger partial charge is 0.472 e. The number of carbonyl (C=O) groups excluding carboxylic acids is 1. The van der Waals surface area contributed by atoms with Crippen LogP contribution in [-0.4, -0.2) is 15.9 Å². The van der Waals surface area contributed by atoms with Crippen LogP contribution >= 0.6 is 22.7 Å². The Balaban J connectivity index is 1.80. The van der Waals surface area contributed by atoms with Gasteiger partial charge in [-0.25, -0.2) is 9.97 Å². The quantitative estimate of drug-likeness (QED) is 0.768. The van der Waals surface area contributed by atoms with Crippen molar-refractivity contribution in [2.24, 2.45) is 0 Å². The molecular formula is C15H15N3O2S2. The number of aromatic nitrogens is 2. The Labute approximate surface area is 136 Å². The van der Waals surface area contributed by atoms with E-state index in [0.29, 0.717) is 4.88 Å². The molecule has 0 fully saturated rings. The highest BCUT2D eigenvalue weighted by atomic mass is 32.1. The number of rotatable bonds is 5. The lowest BCUT2D eigenvalue weighted by atomic mass is 10.00. The van der Waals surface area contributed by atoms with Crippen molar-refractivity contribution in [2.45, 2.75) is 25.8 Å². The lowest BCUT2D eigenvalue weighted by Crippen LogP contribution is -2.42. The van der Waals surface area contributed by atoms with Crippen LogP contribution in [0.1, 0.15) is 34.9 Å². The maximum absolute atomic E-state index is 12.5. The van der Waals surface area contributed by atoms with E-state index in [0.717, 1.165) is 22.0 Å². The molecule has 5 nitrogen and oxygen atoms in total. The zero-order valence-corrected chi connectivity index (χ0v) is 13.8. The van der Waals surface area contributed by atoms with Crippen LogP contribution < -0.4 is 5.32 Å². The molecule has 0 spiro atoms. The van der Waals surface area contributed by atoms with Gasteiger partial charge in [0.25, 0.3) is 5.91 Å². The zero-order valence-electron chi connectivity index (χ0n) is 12.2. The number of carbonyl (C=O) groups is 1. The third-order valence-electron chi connectivity index (χ3n) is 3.50. The Kier molecular flexibility index (Phi) is 4.08. The molecule has 22 heavy (non-hydrogen) atoms. The van der Waals surface area contributed by atoms with E-state index in [1.54, 1.807) is 36.3 Å². The molecule has 0 bridgehead atoms. The van der Waals surface area contributed by atoms with E-state index in [2.05, 4.69) is 15.3 Å². The van der Waals surface area contributed by atoms with Crippen molar-refractivity contribution < 1.29 is 9.21 Å². The van der Waals surface area contributed by atoms with Gasteiger partial charge in [0.2, 0.25) is 0 Å². The average Bonchev–Trinajstić information content (AvgIpc) is 3.27. The minimum absolute atomic E-state index is 0.133. The van der Waals surface area contributed by atoms with E-state index in [4.69, 9.17) is 4.42 Å². The summed E-state index contributed by atoms with van der Waals surface area (Å²) < 4.78 is 5.04. The molecule has 1 N–H and O–H groups in total. The Hall–Kier alpha value is -1.99. The van der Waals surface area contributed by atoms with E-state index in [-0.39, 0.29) is 5.91 Å². The first kappa shape index (κ1) is 14.9. The van der Waals surface area contributed by atoms with Crippen LogP contribution in [0.25, 0.3) is 10.6 Å². The molecule has 3 heterocycles. The molecule has 3 aromatic heterocycles. The van der Waals surface area contributed by atoms with Crippen molar-refractivity contribution in [1.82, 2.24) is 15.3 Å². The van der Waals surface area contributed by atoms with Gasteiger partial charge in [0.15, 0.2) is 0 Å². The third kappa shape index (κ3) is 2.82. The smallest absolute Gasteiger partial charge is 0.263 e. The van der Waals surface area contributed by atoms with Gasteiger partial charge >= 0.3 is 0 Å². The number of thiazole rings is 2. The van der Waals surface area contributed by atoms with Crippen LogP contribution in [0.15, 0.2) is 40.8 Å². The molecule has 7 heteroatoms. The maximum atomic E-state index is 12.5. The second-order valence-electron chi connectivity index (χ2n) is 5.02. The van der Waals surface area contributed by atoms with Crippen molar-refractivity contribution >= 4 is 28.6 Å². The van der Waals surface area contributed by atoms with E-state index in [1.807, 2.05) is 25.3 Å². The maximum Gasteiger partial charge on any atom is 0.263 e. The minimum atomic E-state index is -0.467. The van der Waals surface area contributed by atoms with Gasteiger partial charge in [0, 0.05) is 17.1 Å². The van der Waals surface area contributed by atoms with Crippen molar-refractivity contribution in [2.75, 3.05) is 0 Å². The average molecular weight is 333 g/mol. The van der Waals surface area contributed by atoms with Gasteiger partial charge in [-0.05, 0) is 19.4 Å². The van der Waals surface area contributed by atoms with Crippen LogP contribution in [0.5, 0.6) is 0 Å². The third-order valence-corrected chi connectivity index (χ3v) is 5.58. The molecule has 0 aromatic carbocycles. The first-order valence-electron chi connectivity index (χ1n) is 6.83. The summed E-state index contributed by atoms with van der Waals surface area (Å²) in [5.41, 5.74) is 0.410. The van der Waals surface area contributed by atoms with E-state index in [1.165, 1.54) is 11.3 Å². The molecule has 3 rings (SSSR count). The molecule has 0 aliphatic heterocycles. The van der Waals surface area contributed by atoms with Crippen molar-refractivity contribution in [3.63, 3.8) is 0 Å². The van der Waals surface area contributed by atoms with Crippen LogP contribution in [0.4, 0.5) is 0 Å². The van der Waals surface area contributed by atoms with E-state index in [9.17, 15) is 4.79 Å². The van der Waals surface area contributed by atoms with E-state index >= 15 is 0 Å². The van der Waals surface area contributed by atoms with Gasteiger partial charge in [0.05, 0.1) is 18.0 Å². The highest BCUT2D eigenvalue weighted by Crippen LogP contribution is 2.29. The molecule has 0 saturated heterocycles. The SMILES string of the molecule is CCC(C)(NC(=O)c1cnc(-c2ccoc2)s1)c1nccs1. The number of hydrogen-bond donors (Lipinski definition) is 1. The van der Waals surface area contributed by atoms with Gasteiger partial charge in [-0.1, -0.05) is 6.92 Å². The summed E-state index contributed by atoms with van der Waals surface area (Å²) in [5.74, 6) is -0.133. The number of nitrogens with zero attached hydrogens (tertiary/aromatic N) is 2. The van der Waals surface area contributed by atoms with Crippen LogP contribution in [0, 0.1) is 0 Å². The zero-order chi connectivity index (χ0) is 15.6. The first-order valence-corrected chi connectivity index (χ1v) is 8.53. The Morgan fingerprint density at radius 1 is 1.45 bits per heavy atom. The Morgan fingerprint density at radius 3 is 2.95 bits per heavy atom. The Bertz CT molecular complexity index is 750. The fraction of sp³-hybridized carbons (Fsp3) is 0.267. The molecule has 1 atom stereocenters. The summed E-state index contributed by atoms with van der Waals surface area (Å²) in [6.45, 7) is 4.02. The fourth-order valence-electron chi connectivity index (χ4n) is 2.00. The summed E-state index contributed by atoms with van der Waals surface area (Å²) >= 11 is 2.89. The van der Waals surface area contributed by atoms with Crippen molar-refractivity contribution in [3.8, 4) is 10.6 Å². The molecule has 0 aliphatic carbocycles. The summed E-state index contributed by atoms with van der Waals surface area (Å²) in [5, 5.41) is 6.67. The number of furan rings is 1. The molecule has 0 saturated carbocycles. The first-order chi connectivity index (χ1) is 10.6. The fourth-order valence-corrected chi connectivity index (χ4v) is 3.62. The summed E-state index contributed by atoms with van der Waals surface area (Å²) in [6, 6.07) is 1.83. The summed E-state index contributed by atoms with van der Waals surface area (Å²) in [4.78, 5) is 21.7. The molecule has 1 unspecified atom stereocenters. The van der Waals surface area contributed by atoms with Gasteiger partial charge in [-0.15, -0.1) is 22.7 Å². The number of nitrogens with one attached hydrogen (secondary N) is 1. The lowest BCUT2D eigenvalue weighted by Gasteiger charge is -2.27. The monoisotopic (exact) mass is 333 g/mol. The van der Waals surface area contributed by atoms with Gasteiger partial charge < -0.3 is 9.73 Å². The van der Waals surface area contributed by atoms with Gasteiger partial charge in [-0.2, -0.15) is 0 Å². The predicted octanol–water partition coefficient (Wildman–Crippen LogP) is 3.91. The minimum Gasteiger partial charge on any atom is -0.472 e. The Morgan fingerprint density at radius 2 is 2.32 bits per heavy atom. The topological polar surface area (TPSA) is 68.0 Å². The standard InChI is InChI=1S/C15H15N3O2S2/c1-3-15(2,14-16-5-7-21-14)18-12(19)11-8-17-13(22-11)10-4-6-20-9-10/h4-9H,3H2,1-2H3,(H,18,19). The highest BCUT2D eigenvalue weighted by Gasteiger charge is 2.30. The van der Waals surface area contributed by atoms with Gasteiger partial charge in [0.1, 0.15) is 21.2 Å². The molecule has 3 aromatic rings. The molecule has 0 aliphatic rings. The summed E-state index contributed by atoms with van der Waals surface area (Å²) in [7, 11) is 0. The number of amides is 1. The van der Waals surface area contributed by atoms with Crippen LogP contribution in [-0.2, 0) is 5.54 Å². The van der Waals surface area contributed by atoms with Crippen molar-refractivity contribution in [1.29, 1.82) is 0 Å². The highest BCUT2D eigenvalue weighted by molar-refractivity contribution is 7.16. The second-order valence-corrected chi connectivity index (χ2v) is 6.94. The van der Waals surface area contributed by atoms with Gasteiger partial charge in [-0.3, -0.25) is 4.79 Å². The summed E-state index contributed by atoms with van der Waals surface area (Å²) in [6.07, 6.45) is 7.32. The number of hydrogen-bond acceptors (Lipinski definition) is 6. The van der Waals surface area contributed by atoms with Crippen LogP contribution in [0.2, 0.25) is 0 Å². The van der Waals surface area contributed by atoms with E-state index < -0.39 is 5.54 Å². The molecular weight excluding hydrogens is 318 g/mol.